The third-order valence-corrected chi connectivity index (χ3v) is 2.63. The summed E-state index contributed by atoms with van der Waals surface area (Å²) in [6.07, 6.45) is 4.32. The number of hydrogen-bond donors (Lipinski definition) is 1. The molecule has 0 fully saturated rings. The van der Waals surface area contributed by atoms with E-state index in [0.717, 1.165) is 10.0 Å². The van der Waals surface area contributed by atoms with E-state index in [4.69, 9.17) is 9.52 Å². The van der Waals surface area contributed by atoms with Crippen LogP contribution in [0.2, 0.25) is 0 Å². The molecule has 0 amide bonds. The van der Waals surface area contributed by atoms with Gasteiger partial charge in [-0.1, -0.05) is 0 Å². The second-order valence-electron chi connectivity index (χ2n) is 3.64. The Morgan fingerprint density at radius 2 is 2.22 bits per heavy atom. The van der Waals surface area contributed by atoms with Gasteiger partial charge >= 0.3 is 5.97 Å². The molecular weight excluding hydrogens is 302 g/mol. The number of hydrogen-bond acceptors (Lipinski definition) is 5. The van der Waals surface area contributed by atoms with E-state index in [2.05, 4.69) is 31.1 Å². The first-order valence-electron chi connectivity index (χ1n) is 5.30. The molecule has 0 aliphatic carbocycles. The molecule has 0 saturated carbocycles. The van der Waals surface area contributed by atoms with Crippen LogP contribution in [0.25, 0.3) is 11.5 Å². The van der Waals surface area contributed by atoms with E-state index >= 15 is 0 Å². The highest BCUT2D eigenvalue weighted by Gasteiger charge is 2.09. The van der Waals surface area contributed by atoms with E-state index in [-0.39, 0.29) is 6.42 Å². The summed E-state index contributed by atoms with van der Waals surface area (Å²) in [7, 11) is 0. The Morgan fingerprint density at radius 3 is 2.94 bits per heavy atom. The van der Waals surface area contributed by atoms with Gasteiger partial charge in [0.2, 0.25) is 11.8 Å². The Balaban J connectivity index is 2.04. The number of carboxylic acids is 1. The van der Waals surface area contributed by atoms with Gasteiger partial charge < -0.3 is 9.52 Å². The lowest BCUT2D eigenvalue weighted by Crippen LogP contribution is -1.95. The first-order chi connectivity index (χ1) is 8.65. The van der Waals surface area contributed by atoms with Crippen LogP contribution >= 0.6 is 15.9 Å². The van der Waals surface area contributed by atoms with Gasteiger partial charge in [-0.3, -0.25) is 9.78 Å². The summed E-state index contributed by atoms with van der Waals surface area (Å²) in [4.78, 5) is 14.4. The third kappa shape index (κ3) is 3.36. The predicted molar refractivity (Wildman–Crippen MR) is 65.8 cm³/mol. The van der Waals surface area contributed by atoms with Gasteiger partial charge in [0, 0.05) is 29.7 Å². The standard InChI is InChI=1S/C11H10BrN3O3/c12-8-4-7(5-13-6-8)11-15-14-9(18-11)2-1-3-10(16)17/h4-6H,1-3H2,(H,16,17). The van der Waals surface area contributed by atoms with Gasteiger partial charge in [-0.25, -0.2) is 0 Å². The van der Waals surface area contributed by atoms with Crippen LogP contribution in [0.1, 0.15) is 18.7 Å². The van der Waals surface area contributed by atoms with Crippen LogP contribution in [0.3, 0.4) is 0 Å². The smallest absolute Gasteiger partial charge is 0.303 e. The lowest BCUT2D eigenvalue weighted by Gasteiger charge is -1.94. The van der Waals surface area contributed by atoms with E-state index in [1.807, 2.05) is 6.07 Å². The van der Waals surface area contributed by atoms with Crippen molar-refractivity contribution in [3.05, 3.63) is 28.8 Å². The lowest BCUT2D eigenvalue weighted by atomic mass is 10.2. The summed E-state index contributed by atoms with van der Waals surface area (Å²) in [5.41, 5.74) is 0.723. The SMILES string of the molecule is O=C(O)CCCc1nnc(-c2cncc(Br)c2)o1. The highest BCUT2D eigenvalue weighted by molar-refractivity contribution is 9.10. The van der Waals surface area contributed by atoms with Gasteiger partial charge in [-0.15, -0.1) is 10.2 Å². The van der Waals surface area contributed by atoms with Gasteiger partial charge in [0.15, 0.2) is 0 Å². The fourth-order valence-electron chi connectivity index (χ4n) is 1.39. The molecule has 6 nitrogen and oxygen atoms in total. The second kappa shape index (κ2) is 5.72. The van der Waals surface area contributed by atoms with E-state index in [9.17, 15) is 4.79 Å². The fraction of sp³-hybridized carbons (Fsp3) is 0.273. The minimum absolute atomic E-state index is 0.0934. The number of aliphatic carboxylic acids is 1. The van der Waals surface area contributed by atoms with Crippen molar-refractivity contribution in [1.29, 1.82) is 0 Å². The van der Waals surface area contributed by atoms with E-state index in [1.165, 1.54) is 0 Å². The molecule has 0 aliphatic heterocycles. The summed E-state index contributed by atoms with van der Waals surface area (Å²) in [5, 5.41) is 16.3. The first-order valence-corrected chi connectivity index (χ1v) is 6.09. The van der Waals surface area contributed by atoms with Crippen molar-refractivity contribution in [2.24, 2.45) is 0 Å². The second-order valence-corrected chi connectivity index (χ2v) is 4.56. The molecule has 0 aliphatic rings. The zero-order chi connectivity index (χ0) is 13.0. The van der Waals surface area contributed by atoms with Crippen LogP contribution < -0.4 is 0 Å². The monoisotopic (exact) mass is 311 g/mol. The molecule has 0 atom stereocenters. The molecule has 2 aromatic heterocycles. The molecule has 0 saturated heterocycles. The van der Waals surface area contributed by atoms with Gasteiger partial charge in [0.25, 0.3) is 0 Å². The Labute approximate surface area is 111 Å². The molecule has 2 rings (SSSR count). The highest BCUT2D eigenvalue weighted by Crippen LogP contribution is 2.20. The average molecular weight is 312 g/mol. The van der Waals surface area contributed by atoms with Gasteiger partial charge in [0.05, 0.1) is 5.56 Å². The molecule has 0 bridgehead atoms. The minimum Gasteiger partial charge on any atom is -0.481 e. The average Bonchev–Trinajstić information content (AvgIpc) is 2.77. The fourth-order valence-corrected chi connectivity index (χ4v) is 1.76. The molecule has 0 radical (unpaired) electrons. The molecule has 1 N–H and O–H groups in total. The summed E-state index contributed by atoms with van der Waals surface area (Å²) >= 11 is 3.31. The Bertz CT molecular complexity index is 556. The van der Waals surface area contributed by atoms with Gasteiger partial charge in [-0.2, -0.15) is 0 Å². The Hall–Kier alpha value is -1.76. The van der Waals surface area contributed by atoms with Crippen molar-refractivity contribution >= 4 is 21.9 Å². The maximum absolute atomic E-state index is 10.4. The molecule has 7 heteroatoms. The topological polar surface area (TPSA) is 89.1 Å². The van der Waals surface area contributed by atoms with Crippen LogP contribution in [0.4, 0.5) is 0 Å². The van der Waals surface area contributed by atoms with Gasteiger partial charge in [0.1, 0.15) is 0 Å². The number of halogens is 1. The largest absolute Gasteiger partial charge is 0.481 e. The van der Waals surface area contributed by atoms with Crippen molar-refractivity contribution in [3.63, 3.8) is 0 Å². The number of aromatic nitrogens is 3. The molecule has 2 aromatic rings. The van der Waals surface area contributed by atoms with Crippen LogP contribution in [0, 0.1) is 0 Å². The van der Waals surface area contributed by atoms with Crippen molar-refractivity contribution in [3.8, 4) is 11.5 Å². The van der Waals surface area contributed by atoms with Crippen molar-refractivity contribution < 1.29 is 14.3 Å². The zero-order valence-electron chi connectivity index (χ0n) is 9.34. The van der Waals surface area contributed by atoms with Crippen LogP contribution in [-0.4, -0.2) is 26.3 Å². The number of aryl methyl sites for hydroxylation is 1. The highest BCUT2D eigenvalue weighted by atomic mass is 79.9. The number of rotatable bonds is 5. The molecule has 0 unspecified atom stereocenters. The normalized spacial score (nSPS) is 10.5. The zero-order valence-corrected chi connectivity index (χ0v) is 10.9. The van der Waals surface area contributed by atoms with E-state index in [1.54, 1.807) is 12.4 Å². The molecule has 0 aromatic carbocycles. The summed E-state index contributed by atoms with van der Waals surface area (Å²) < 4.78 is 6.26. The van der Waals surface area contributed by atoms with Crippen LogP contribution in [0.5, 0.6) is 0 Å². The Kier molecular flexibility index (Phi) is 4.03. The molecule has 0 spiro atoms. The summed E-state index contributed by atoms with van der Waals surface area (Å²) in [6.45, 7) is 0. The van der Waals surface area contributed by atoms with Gasteiger partial charge in [-0.05, 0) is 28.4 Å². The number of carboxylic acid groups (broad SMARTS) is 1. The number of carbonyl (C=O) groups is 1. The van der Waals surface area contributed by atoms with E-state index < -0.39 is 5.97 Å². The third-order valence-electron chi connectivity index (χ3n) is 2.20. The summed E-state index contributed by atoms with van der Waals surface area (Å²) in [6, 6.07) is 1.82. The molecular formula is C11H10BrN3O3. The van der Waals surface area contributed by atoms with Crippen molar-refractivity contribution in [1.82, 2.24) is 15.2 Å². The van der Waals surface area contributed by atoms with Crippen molar-refractivity contribution in [2.75, 3.05) is 0 Å². The van der Waals surface area contributed by atoms with E-state index in [0.29, 0.717) is 24.6 Å². The molecule has 2 heterocycles. The maximum Gasteiger partial charge on any atom is 0.303 e. The molecule has 94 valence electrons. The van der Waals surface area contributed by atoms with Crippen LogP contribution in [-0.2, 0) is 11.2 Å². The predicted octanol–water partition coefficient (Wildman–Crippen LogP) is 2.30. The quantitative estimate of drug-likeness (QED) is 0.911. The minimum atomic E-state index is -0.828. The summed E-state index contributed by atoms with van der Waals surface area (Å²) in [5.74, 6) is -0.00807. The maximum atomic E-state index is 10.4. The van der Waals surface area contributed by atoms with Crippen molar-refractivity contribution in [2.45, 2.75) is 19.3 Å². The van der Waals surface area contributed by atoms with Crippen LogP contribution in [0.15, 0.2) is 27.3 Å². The lowest BCUT2D eigenvalue weighted by molar-refractivity contribution is -0.137. The molecule has 18 heavy (non-hydrogen) atoms. The Morgan fingerprint density at radius 1 is 1.39 bits per heavy atom. The number of nitrogens with zero attached hydrogens (tertiary/aromatic N) is 3. The number of pyridine rings is 1. The first kappa shape index (κ1) is 12.7.